The molecule has 2 aromatic rings. The molecular formula is C25H22IN3O6. The van der Waals surface area contributed by atoms with E-state index in [2.05, 4.69) is 39.8 Å². The number of nitro groups is 1. The highest BCUT2D eigenvalue weighted by Gasteiger charge is 2.59. The van der Waals surface area contributed by atoms with Gasteiger partial charge in [0.1, 0.15) is 6.61 Å². The zero-order valence-electron chi connectivity index (χ0n) is 18.8. The highest BCUT2D eigenvalue weighted by Crippen LogP contribution is 2.52. The van der Waals surface area contributed by atoms with Gasteiger partial charge in [-0.3, -0.25) is 19.7 Å². The Balaban J connectivity index is 1.32. The number of nitro benzene ring substituents is 1. The molecule has 2 aromatic carbocycles. The number of benzene rings is 2. The average Bonchev–Trinajstić information content (AvgIpc) is 3.52. The van der Waals surface area contributed by atoms with Crippen LogP contribution in [0.5, 0.6) is 11.5 Å². The van der Waals surface area contributed by atoms with Gasteiger partial charge >= 0.3 is 0 Å². The fourth-order valence-corrected chi connectivity index (χ4v) is 5.84. The molecule has 1 saturated carbocycles. The SMILES string of the molecule is CCOc1cc(/C=N\N2C(=O)[C@@H]3[C@H](C2=O)[C@H]2C=C[C@H]3C2)cc(I)c1OCc1ccc([N+](=O)[O-])cc1. The van der Waals surface area contributed by atoms with Crippen LogP contribution < -0.4 is 9.47 Å². The Labute approximate surface area is 215 Å². The summed E-state index contributed by atoms with van der Waals surface area (Å²) in [6, 6.07) is 9.74. The number of halogens is 1. The Kier molecular flexibility index (Phi) is 6.30. The molecule has 5 rings (SSSR count). The lowest BCUT2D eigenvalue weighted by Gasteiger charge is -2.15. The smallest absolute Gasteiger partial charge is 0.269 e. The van der Waals surface area contributed by atoms with Gasteiger partial charge in [-0.15, -0.1) is 0 Å². The Bertz CT molecular complexity index is 1230. The molecule has 4 atom stereocenters. The summed E-state index contributed by atoms with van der Waals surface area (Å²) < 4.78 is 12.5. The monoisotopic (exact) mass is 587 g/mol. The maximum Gasteiger partial charge on any atom is 0.269 e. The van der Waals surface area contributed by atoms with Crippen LogP contribution >= 0.6 is 22.6 Å². The third-order valence-electron chi connectivity index (χ3n) is 6.63. The van der Waals surface area contributed by atoms with E-state index in [1.807, 2.05) is 13.0 Å². The molecular weight excluding hydrogens is 565 g/mol. The molecule has 2 aliphatic carbocycles. The maximum absolute atomic E-state index is 12.9. The number of non-ortho nitro benzene ring substituents is 1. The lowest BCUT2D eigenvalue weighted by atomic mass is 9.85. The van der Waals surface area contributed by atoms with E-state index in [1.165, 1.54) is 18.3 Å². The van der Waals surface area contributed by atoms with E-state index in [9.17, 15) is 19.7 Å². The second kappa shape index (κ2) is 9.40. The molecule has 1 saturated heterocycles. The molecule has 2 amide bonds. The summed E-state index contributed by atoms with van der Waals surface area (Å²) in [6.45, 7) is 2.47. The van der Waals surface area contributed by atoms with Gasteiger partial charge in [-0.1, -0.05) is 12.2 Å². The highest BCUT2D eigenvalue weighted by molar-refractivity contribution is 14.1. The molecule has 9 nitrogen and oxygen atoms in total. The largest absolute Gasteiger partial charge is 0.490 e. The van der Waals surface area contributed by atoms with Crippen molar-refractivity contribution in [3.63, 3.8) is 0 Å². The minimum absolute atomic E-state index is 0.0180. The van der Waals surface area contributed by atoms with Crippen molar-refractivity contribution in [1.29, 1.82) is 0 Å². The van der Waals surface area contributed by atoms with Gasteiger partial charge in [0, 0.05) is 12.1 Å². The predicted octanol–water partition coefficient (Wildman–Crippen LogP) is 4.32. The van der Waals surface area contributed by atoms with Gasteiger partial charge in [0.05, 0.1) is 33.2 Å². The van der Waals surface area contributed by atoms with Crippen molar-refractivity contribution in [2.24, 2.45) is 28.8 Å². The number of amides is 2. The van der Waals surface area contributed by atoms with Crippen molar-refractivity contribution in [1.82, 2.24) is 5.01 Å². The maximum atomic E-state index is 12.9. The quantitative estimate of drug-likeness (QED) is 0.114. The molecule has 3 aliphatic rings. The zero-order valence-corrected chi connectivity index (χ0v) is 21.0. The van der Waals surface area contributed by atoms with Gasteiger partial charge in [0.2, 0.25) is 0 Å². The Hall–Kier alpha value is -3.28. The van der Waals surface area contributed by atoms with Crippen LogP contribution in [-0.2, 0) is 16.2 Å². The first-order chi connectivity index (χ1) is 16.9. The third-order valence-corrected chi connectivity index (χ3v) is 7.43. The number of allylic oxidation sites excluding steroid dienone is 2. The summed E-state index contributed by atoms with van der Waals surface area (Å²) in [6.07, 6.45) is 6.48. The summed E-state index contributed by atoms with van der Waals surface area (Å²) in [5.74, 6) is 0.285. The molecule has 0 spiro atoms. The lowest BCUT2D eigenvalue weighted by Crippen LogP contribution is -2.28. The van der Waals surface area contributed by atoms with E-state index >= 15 is 0 Å². The molecule has 2 fully saturated rings. The Morgan fingerprint density at radius 1 is 1.11 bits per heavy atom. The zero-order chi connectivity index (χ0) is 24.7. The van der Waals surface area contributed by atoms with E-state index in [1.54, 1.807) is 18.2 Å². The van der Waals surface area contributed by atoms with Crippen LogP contribution in [0.2, 0.25) is 0 Å². The van der Waals surface area contributed by atoms with Crippen LogP contribution in [0.3, 0.4) is 0 Å². The lowest BCUT2D eigenvalue weighted by molar-refractivity contribution is -0.384. The van der Waals surface area contributed by atoms with Crippen LogP contribution in [0, 0.1) is 37.4 Å². The number of ether oxygens (including phenoxy) is 2. The predicted molar refractivity (Wildman–Crippen MR) is 135 cm³/mol. The van der Waals surface area contributed by atoms with Crippen LogP contribution in [0.1, 0.15) is 24.5 Å². The molecule has 2 bridgehead atoms. The summed E-state index contributed by atoms with van der Waals surface area (Å²) in [4.78, 5) is 36.1. The number of hydrogen-bond acceptors (Lipinski definition) is 7. The summed E-state index contributed by atoms with van der Waals surface area (Å²) in [5, 5.41) is 16.1. The number of nitrogens with zero attached hydrogens (tertiary/aromatic N) is 3. The van der Waals surface area contributed by atoms with Crippen LogP contribution in [-0.4, -0.2) is 34.6 Å². The number of carbonyl (C=O) groups is 2. The minimum Gasteiger partial charge on any atom is -0.490 e. The van der Waals surface area contributed by atoms with Crippen LogP contribution in [0.25, 0.3) is 0 Å². The Morgan fingerprint density at radius 2 is 1.77 bits per heavy atom. The van der Waals surface area contributed by atoms with Crippen molar-refractivity contribution in [3.05, 3.63) is 73.4 Å². The highest BCUT2D eigenvalue weighted by atomic mass is 127. The second-order valence-electron chi connectivity index (χ2n) is 8.71. The number of carbonyl (C=O) groups excluding carboxylic acids is 2. The molecule has 0 unspecified atom stereocenters. The number of hydrazone groups is 1. The first-order valence-corrected chi connectivity index (χ1v) is 12.4. The standard InChI is InChI=1S/C25H22IN3O6/c1-2-34-20-10-15(9-19(26)23(20)35-13-14-3-7-18(8-4-14)29(32)33)12-27-28-24(30)21-16-5-6-17(11-16)22(21)25(28)31/h3-10,12,16-17,21-22H,2,11,13H2,1H3/b27-12-/t16-,17-,21-,22+/m0/s1. The number of imide groups is 1. The van der Waals surface area contributed by atoms with Crippen molar-refractivity contribution in [3.8, 4) is 11.5 Å². The summed E-state index contributed by atoms with van der Waals surface area (Å²) in [5.41, 5.74) is 1.46. The number of fused-ring (bicyclic) bond motifs is 5. The van der Waals surface area contributed by atoms with Gasteiger partial charge in [-0.25, -0.2) is 0 Å². The molecule has 1 aliphatic heterocycles. The van der Waals surface area contributed by atoms with E-state index in [-0.39, 0.29) is 47.8 Å². The molecule has 0 aromatic heterocycles. The molecule has 0 N–H and O–H groups in total. The fraction of sp³-hybridized carbons (Fsp3) is 0.320. The second-order valence-corrected chi connectivity index (χ2v) is 9.87. The van der Waals surface area contributed by atoms with Gasteiger partial charge < -0.3 is 9.47 Å². The van der Waals surface area contributed by atoms with Gasteiger partial charge in [0.25, 0.3) is 17.5 Å². The average molecular weight is 587 g/mol. The first kappa shape index (κ1) is 23.5. The molecule has 1 heterocycles. The summed E-state index contributed by atoms with van der Waals surface area (Å²) >= 11 is 2.13. The molecule has 0 radical (unpaired) electrons. The third kappa shape index (κ3) is 4.30. The molecule has 10 heteroatoms. The molecule has 180 valence electrons. The molecule has 35 heavy (non-hydrogen) atoms. The van der Waals surface area contributed by atoms with E-state index in [0.717, 1.165) is 20.6 Å². The van der Waals surface area contributed by atoms with Crippen LogP contribution in [0.4, 0.5) is 5.69 Å². The van der Waals surface area contributed by atoms with E-state index in [0.29, 0.717) is 23.7 Å². The van der Waals surface area contributed by atoms with Crippen molar-refractivity contribution >= 4 is 46.3 Å². The van der Waals surface area contributed by atoms with Crippen molar-refractivity contribution in [2.75, 3.05) is 6.61 Å². The van der Waals surface area contributed by atoms with E-state index < -0.39 is 4.92 Å². The topological polar surface area (TPSA) is 111 Å². The summed E-state index contributed by atoms with van der Waals surface area (Å²) in [7, 11) is 0. The normalized spacial score (nSPS) is 24.5. The van der Waals surface area contributed by atoms with Gasteiger partial charge in [-0.05, 0) is 83.2 Å². The minimum atomic E-state index is -0.447. The van der Waals surface area contributed by atoms with Gasteiger partial charge in [0.15, 0.2) is 11.5 Å². The fourth-order valence-electron chi connectivity index (χ4n) is 5.06. The van der Waals surface area contributed by atoms with Crippen LogP contribution in [0.15, 0.2) is 53.7 Å². The number of rotatable bonds is 8. The first-order valence-electron chi connectivity index (χ1n) is 11.3. The van der Waals surface area contributed by atoms with Crippen molar-refractivity contribution < 1.29 is 24.0 Å². The van der Waals surface area contributed by atoms with E-state index in [4.69, 9.17) is 9.47 Å². The van der Waals surface area contributed by atoms with Gasteiger partial charge in [-0.2, -0.15) is 10.1 Å². The van der Waals surface area contributed by atoms with Crippen molar-refractivity contribution in [2.45, 2.75) is 20.0 Å². The number of hydrogen-bond donors (Lipinski definition) is 0. The Morgan fingerprint density at radius 3 is 2.37 bits per heavy atom.